The summed E-state index contributed by atoms with van der Waals surface area (Å²) in [6.45, 7) is 8.01. The van der Waals surface area contributed by atoms with E-state index in [0.717, 1.165) is 24.8 Å². The highest BCUT2D eigenvalue weighted by atomic mass is 14.9. The number of benzene rings is 1. The van der Waals surface area contributed by atoms with Gasteiger partial charge in [0, 0.05) is 6.04 Å². The molecule has 0 saturated heterocycles. The first-order valence-electron chi connectivity index (χ1n) is 9.10. The van der Waals surface area contributed by atoms with E-state index in [-0.39, 0.29) is 0 Å². The molecule has 0 aromatic heterocycles. The highest BCUT2D eigenvalue weighted by Crippen LogP contribution is 2.38. The van der Waals surface area contributed by atoms with Crippen molar-refractivity contribution in [1.29, 1.82) is 0 Å². The minimum atomic E-state index is 0.561. The number of hydrogen-bond acceptors (Lipinski definition) is 1. The summed E-state index contributed by atoms with van der Waals surface area (Å²) in [4.78, 5) is 0. The molecule has 1 heteroatoms. The van der Waals surface area contributed by atoms with Crippen LogP contribution in [0.3, 0.4) is 0 Å². The van der Waals surface area contributed by atoms with Gasteiger partial charge in [-0.2, -0.15) is 0 Å². The minimum absolute atomic E-state index is 0.561. The molecule has 1 aromatic carbocycles. The molecule has 118 valence electrons. The summed E-state index contributed by atoms with van der Waals surface area (Å²) < 4.78 is 0. The van der Waals surface area contributed by atoms with Crippen LogP contribution in [0.2, 0.25) is 0 Å². The lowest BCUT2D eigenvalue weighted by Gasteiger charge is -2.35. The standard InChI is InChI=1S/C20H33N/c1-4-13-21-20(18-11-7-9-16(5-2)14-18)19-12-8-10-17(6-3)15-19/h7,9,11,14,17,19-21H,4-6,8,10,12-13,15H2,1-3H3. The molecule has 1 aromatic rings. The Kier molecular flexibility index (Phi) is 6.76. The molecule has 3 atom stereocenters. The Morgan fingerprint density at radius 3 is 2.76 bits per heavy atom. The van der Waals surface area contributed by atoms with Gasteiger partial charge in [0.2, 0.25) is 0 Å². The predicted octanol–water partition coefficient (Wildman–Crippen LogP) is 5.51. The third-order valence-corrected chi connectivity index (χ3v) is 5.20. The lowest BCUT2D eigenvalue weighted by Crippen LogP contribution is -2.32. The maximum absolute atomic E-state index is 3.85. The average Bonchev–Trinajstić information content (AvgIpc) is 2.55. The van der Waals surface area contributed by atoms with Crippen LogP contribution in [0.15, 0.2) is 24.3 Å². The van der Waals surface area contributed by atoms with Crippen molar-refractivity contribution in [3.8, 4) is 0 Å². The van der Waals surface area contributed by atoms with Crippen LogP contribution >= 0.6 is 0 Å². The van der Waals surface area contributed by atoms with Crippen LogP contribution in [0.25, 0.3) is 0 Å². The summed E-state index contributed by atoms with van der Waals surface area (Å²) in [6.07, 6.45) is 9.38. The molecular formula is C20H33N. The molecule has 21 heavy (non-hydrogen) atoms. The lowest BCUT2D eigenvalue weighted by atomic mass is 9.75. The molecule has 0 bridgehead atoms. The topological polar surface area (TPSA) is 12.0 Å². The Morgan fingerprint density at radius 1 is 1.19 bits per heavy atom. The summed E-state index contributed by atoms with van der Waals surface area (Å²) >= 11 is 0. The second kappa shape index (κ2) is 8.58. The van der Waals surface area contributed by atoms with E-state index in [1.165, 1.54) is 49.7 Å². The second-order valence-electron chi connectivity index (χ2n) is 6.73. The summed E-state index contributed by atoms with van der Waals surface area (Å²) in [5.74, 6) is 1.77. The molecule has 1 fully saturated rings. The van der Waals surface area contributed by atoms with Crippen molar-refractivity contribution in [3.05, 3.63) is 35.4 Å². The van der Waals surface area contributed by atoms with Gasteiger partial charge in [0.1, 0.15) is 0 Å². The molecule has 1 nitrogen and oxygen atoms in total. The van der Waals surface area contributed by atoms with Crippen LogP contribution in [0.1, 0.15) is 76.5 Å². The molecule has 0 heterocycles. The van der Waals surface area contributed by atoms with Crippen LogP contribution < -0.4 is 5.32 Å². The Balaban J connectivity index is 2.16. The van der Waals surface area contributed by atoms with E-state index in [2.05, 4.69) is 50.4 Å². The molecular weight excluding hydrogens is 254 g/mol. The maximum Gasteiger partial charge on any atom is 0.0348 e. The predicted molar refractivity (Wildman–Crippen MR) is 92.6 cm³/mol. The Bertz CT molecular complexity index is 412. The third kappa shape index (κ3) is 4.57. The number of nitrogens with one attached hydrogen (secondary N) is 1. The molecule has 1 aliphatic rings. The van der Waals surface area contributed by atoms with E-state index in [9.17, 15) is 0 Å². The van der Waals surface area contributed by atoms with Gasteiger partial charge in [-0.1, -0.05) is 64.3 Å². The van der Waals surface area contributed by atoms with E-state index in [1.54, 1.807) is 0 Å². The van der Waals surface area contributed by atoms with Crippen LogP contribution in [0.5, 0.6) is 0 Å². The van der Waals surface area contributed by atoms with Gasteiger partial charge in [0.25, 0.3) is 0 Å². The average molecular weight is 287 g/mol. The fourth-order valence-corrected chi connectivity index (χ4v) is 3.87. The number of hydrogen-bond donors (Lipinski definition) is 1. The van der Waals surface area contributed by atoms with Gasteiger partial charge >= 0.3 is 0 Å². The van der Waals surface area contributed by atoms with Gasteiger partial charge in [-0.05, 0) is 55.2 Å². The SMILES string of the molecule is CCCNC(c1cccc(CC)c1)C1CCCC(CC)C1. The molecule has 1 saturated carbocycles. The molecule has 0 radical (unpaired) electrons. The minimum Gasteiger partial charge on any atom is -0.310 e. The smallest absolute Gasteiger partial charge is 0.0348 e. The zero-order valence-electron chi connectivity index (χ0n) is 14.2. The van der Waals surface area contributed by atoms with E-state index < -0.39 is 0 Å². The Morgan fingerprint density at radius 2 is 2.05 bits per heavy atom. The van der Waals surface area contributed by atoms with Gasteiger partial charge in [-0.25, -0.2) is 0 Å². The molecule has 0 spiro atoms. The zero-order valence-corrected chi connectivity index (χ0v) is 14.2. The third-order valence-electron chi connectivity index (χ3n) is 5.20. The van der Waals surface area contributed by atoms with E-state index in [0.29, 0.717) is 6.04 Å². The first-order chi connectivity index (χ1) is 10.3. The normalized spacial score (nSPS) is 24.0. The number of rotatable bonds is 7. The van der Waals surface area contributed by atoms with E-state index >= 15 is 0 Å². The molecule has 0 aliphatic heterocycles. The highest BCUT2D eigenvalue weighted by Gasteiger charge is 2.28. The summed E-state index contributed by atoms with van der Waals surface area (Å²) in [7, 11) is 0. The first-order valence-corrected chi connectivity index (χ1v) is 9.10. The first kappa shape index (κ1) is 16.5. The van der Waals surface area contributed by atoms with Crippen molar-refractivity contribution in [2.45, 2.75) is 71.8 Å². The monoisotopic (exact) mass is 287 g/mol. The summed E-state index contributed by atoms with van der Waals surface area (Å²) in [5, 5.41) is 3.85. The van der Waals surface area contributed by atoms with Crippen LogP contribution in [0.4, 0.5) is 0 Å². The van der Waals surface area contributed by atoms with Crippen molar-refractivity contribution in [2.75, 3.05) is 6.54 Å². The Labute approximate surface area is 131 Å². The van der Waals surface area contributed by atoms with Crippen molar-refractivity contribution >= 4 is 0 Å². The van der Waals surface area contributed by atoms with Crippen molar-refractivity contribution in [3.63, 3.8) is 0 Å². The summed E-state index contributed by atoms with van der Waals surface area (Å²) in [5.41, 5.74) is 2.99. The zero-order chi connectivity index (χ0) is 15.1. The highest BCUT2D eigenvalue weighted by molar-refractivity contribution is 5.26. The van der Waals surface area contributed by atoms with E-state index in [4.69, 9.17) is 0 Å². The fraction of sp³-hybridized carbons (Fsp3) is 0.700. The van der Waals surface area contributed by atoms with Crippen molar-refractivity contribution < 1.29 is 0 Å². The second-order valence-corrected chi connectivity index (χ2v) is 6.73. The molecule has 2 rings (SSSR count). The van der Waals surface area contributed by atoms with Crippen LogP contribution in [-0.4, -0.2) is 6.54 Å². The van der Waals surface area contributed by atoms with Gasteiger partial charge < -0.3 is 5.32 Å². The maximum atomic E-state index is 3.85. The van der Waals surface area contributed by atoms with Gasteiger partial charge in [0.05, 0.1) is 0 Å². The van der Waals surface area contributed by atoms with Crippen LogP contribution in [0, 0.1) is 11.8 Å². The van der Waals surface area contributed by atoms with Gasteiger partial charge in [0.15, 0.2) is 0 Å². The molecule has 1 N–H and O–H groups in total. The molecule has 1 aliphatic carbocycles. The number of aryl methyl sites for hydroxylation is 1. The van der Waals surface area contributed by atoms with Crippen molar-refractivity contribution in [2.24, 2.45) is 11.8 Å². The summed E-state index contributed by atoms with van der Waals surface area (Å²) in [6, 6.07) is 9.83. The van der Waals surface area contributed by atoms with E-state index in [1.807, 2.05) is 0 Å². The molecule has 0 amide bonds. The van der Waals surface area contributed by atoms with Gasteiger partial charge in [-0.15, -0.1) is 0 Å². The molecule has 3 unspecified atom stereocenters. The van der Waals surface area contributed by atoms with Crippen molar-refractivity contribution in [1.82, 2.24) is 5.32 Å². The lowest BCUT2D eigenvalue weighted by molar-refractivity contribution is 0.209. The fourth-order valence-electron chi connectivity index (χ4n) is 3.87. The quantitative estimate of drug-likeness (QED) is 0.697. The Hall–Kier alpha value is -0.820. The van der Waals surface area contributed by atoms with Crippen LogP contribution in [-0.2, 0) is 6.42 Å². The van der Waals surface area contributed by atoms with Gasteiger partial charge in [-0.3, -0.25) is 0 Å². The largest absolute Gasteiger partial charge is 0.310 e.